The molecule has 1 spiro atoms. The molecule has 0 unspecified atom stereocenters. The standard InChI is InChI=1S/C23H24F5N7O2/c1-2-33-20(37)15-11-30-35(12-17(24)25)19(15)31-21(33)32-7-4-22(5-8-32)10-18(36)34(13-22)14-3-6-29-16(9-14)23(26,27)28/h3,6,9,11,17H,2,4-5,7-8,10,12-13H2,1H3. The lowest BCUT2D eigenvalue weighted by atomic mass is 9.77. The molecule has 0 saturated carbocycles. The van der Waals surface area contributed by atoms with Gasteiger partial charge in [0.05, 0.1) is 6.20 Å². The van der Waals surface area contributed by atoms with Crippen molar-refractivity contribution in [1.82, 2.24) is 24.3 Å². The van der Waals surface area contributed by atoms with E-state index in [0.29, 0.717) is 38.4 Å². The van der Waals surface area contributed by atoms with Gasteiger partial charge in [0.1, 0.15) is 17.6 Å². The Hall–Kier alpha value is -3.58. The van der Waals surface area contributed by atoms with Crippen LogP contribution in [0, 0.1) is 5.41 Å². The zero-order valence-electron chi connectivity index (χ0n) is 19.9. The van der Waals surface area contributed by atoms with E-state index in [-0.39, 0.29) is 41.2 Å². The summed E-state index contributed by atoms with van der Waals surface area (Å²) in [7, 11) is 0. The van der Waals surface area contributed by atoms with E-state index in [1.807, 2.05) is 4.90 Å². The highest BCUT2D eigenvalue weighted by molar-refractivity contribution is 5.96. The minimum Gasteiger partial charge on any atom is -0.342 e. The summed E-state index contributed by atoms with van der Waals surface area (Å²) in [4.78, 5) is 37.0. The Morgan fingerprint density at radius 1 is 1.16 bits per heavy atom. The summed E-state index contributed by atoms with van der Waals surface area (Å²) in [5.74, 6) is 0.0877. The van der Waals surface area contributed by atoms with Crippen molar-refractivity contribution in [1.29, 1.82) is 0 Å². The molecule has 198 valence electrons. The predicted molar refractivity (Wildman–Crippen MR) is 124 cm³/mol. The van der Waals surface area contributed by atoms with E-state index in [4.69, 9.17) is 0 Å². The molecule has 0 N–H and O–H groups in total. The van der Waals surface area contributed by atoms with Crippen molar-refractivity contribution in [3.05, 3.63) is 40.6 Å². The van der Waals surface area contributed by atoms with Crippen LogP contribution < -0.4 is 15.4 Å². The van der Waals surface area contributed by atoms with Gasteiger partial charge >= 0.3 is 6.18 Å². The Morgan fingerprint density at radius 2 is 1.89 bits per heavy atom. The van der Waals surface area contributed by atoms with Gasteiger partial charge in [0.15, 0.2) is 5.65 Å². The average molecular weight is 525 g/mol. The highest BCUT2D eigenvalue weighted by Gasteiger charge is 2.46. The van der Waals surface area contributed by atoms with Crippen LogP contribution in [0.5, 0.6) is 0 Å². The second kappa shape index (κ2) is 9.06. The van der Waals surface area contributed by atoms with Crippen molar-refractivity contribution in [2.24, 2.45) is 5.41 Å². The van der Waals surface area contributed by atoms with E-state index in [0.717, 1.165) is 16.9 Å². The van der Waals surface area contributed by atoms with E-state index in [9.17, 15) is 31.5 Å². The van der Waals surface area contributed by atoms with E-state index in [2.05, 4.69) is 15.1 Å². The number of anilines is 2. The molecule has 9 nitrogen and oxygen atoms in total. The zero-order chi connectivity index (χ0) is 26.5. The normalized spacial score (nSPS) is 18.1. The Morgan fingerprint density at radius 3 is 2.54 bits per heavy atom. The third-order valence-electron chi connectivity index (χ3n) is 7.14. The zero-order valence-corrected chi connectivity index (χ0v) is 19.9. The van der Waals surface area contributed by atoms with Gasteiger partial charge in [-0.2, -0.15) is 23.3 Å². The number of halogens is 5. The van der Waals surface area contributed by atoms with E-state index in [1.54, 1.807) is 6.92 Å². The minimum absolute atomic E-state index is 0.0886. The van der Waals surface area contributed by atoms with Crippen LogP contribution in [0.15, 0.2) is 29.3 Å². The summed E-state index contributed by atoms with van der Waals surface area (Å²) >= 11 is 0. The highest BCUT2D eigenvalue weighted by Crippen LogP contribution is 2.43. The first-order valence-corrected chi connectivity index (χ1v) is 11.8. The van der Waals surface area contributed by atoms with Crippen molar-refractivity contribution < 1.29 is 26.7 Å². The maximum Gasteiger partial charge on any atom is 0.433 e. The van der Waals surface area contributed by atoms with Gasteiger partial charge in [-0.25, -0.2) is 13.5 Å². The molecule has 5 heterocycles. The molecule has 2 aliphatic heterocycles. The van der Waals surface area contributed by atoms with Gasteiger partial charge in [0.2, 0.25) is 11.9 Å². The predicted octanol–water partition coefficient (Wildman–Crippen LogP) is 3.32. The Bertz CT molecular complexity index is 1390. The lowest BCUT2D eigenvalue weighted by Gasteiger charge is -2.39. The van der Waals surface area contributed by atoms with E-state index >= 15 is 0 Å². The Kier molecular flexibility index (Phi) is 6.15. The summed E-state index contributed by atoms with van der Waals surface area (Å²) in [6.07, 6.45) is -3.71. The maximum absolute atomic E-state index is 13.1. The maximum atomic E-state index is 13.1. The number of hydrogen-bond acceptors (Lipinski definition) is 6. The molecular formula is C23H24F5N7O2. The van der Waals surface area contributed by atoms with Crippen LogP contribution in [0.4, 0.5) is 33.6 Å². The fraction of sp³-hybridized carbons (Fsp3) is 0.522. The molecule has 0 aliphatic carbocycles. The molecule has 0 radical (unpaired) electrons. The fourth-order valence-electron chi connectivity index (χ4n) is 5.22. The average Bonchev–Trinajstić information content (AvgIpc) is 3.39. The summed E-state index contributed by atoms with van der Waals surface area (Å²) in [5, 5.41) is 4.07. The topological polar surface area (TPSA) is 89.2 Å². The van der Waals surface area contributed by atoms with Crippen molar-refractivity contribution in [3.8, 4) is 0 Å². The van der Waals surface area contributed by atoms with Crippen LogP contribution in [0.2, 0.25) is 0 Å². The molecule has 2 saturated heterocycles. The lowest BCUT2D eigenvalue weighted by molar-refractivity contribution is -0.141. The van der Waals surface area contributed by atoms with Gasteiger partial charge in [-0.15, -0.1) is 0 Å². The molecule has 2 fully saturated rings. The van der Waals surface area contributed by atoms with Crippen LogP contribution in [0.3, 0.4) is 0 Å². The first-order chi connectivity index (χ1) is 17.5. The molecule has 1 amide bonds. The number of fused-ring (bicyclic) bond motifs is 1. The van der Waals surface area contributed by atoms with Gasteiger partial charge in [-0.1, -0.05) is 0 Å². The highest BCUT2D eigenvalue weighted by atomic mass is 19.4. The molecule has 0 aromatic carbocycles. The number of pyridine rings is 1. The molecule has 2 aliphatic rings. The number of carbonyl (C=O) groups excluding carboxylic acids is 1. The summed E-state index contributed by atoms with van der Waals surface area (Å²) < 4.78 is 67.8. The number of alkyl halides is 5. The van der Waals surface area contributed by atoms with Crippen LogP contribution in [-0.2, 0) is 24.1 Å². The number of rotatable bonds is 5. The van der Waals surface area contributed by atoms with E-state index < -0.39 is 30.3 Å². The molecule has 5 rings (SSSR count). The van der Waals surface area contributed by atoms with Gasteiger partial charge in [-0.3, -0.25) is 19.1 Å². The summed E-state index contributed by atoms with van der Waals surface area (Å²) in [6, 6.07) is 2.27. The monoisotopic (exact) mass is 525 g/mol. The molecular weight excluding hydrogens is 501 g/mol. The number of carbonyl (C=O) groups is 1. The number of amides is 1. The Balaban J connectivity index is 1.38. The molecule has 3 aromatic heterocycles. The summed E-state index contributed by atoms with van der Waals surface area (Å²) in [5.41, 5.74) is -1.62. The molecule has 0 atom stereocenters. The first-order valence-electron chi connectivity index (χ1n) is 11.8. The van der Waals surface area contributed by atoms with Crippen LogP contribution in [0.25, 0.3) is 11.0 Å². The van der Waals surface area contributed by atoms with Crippen LogP contribution >= 0.6 is 0 Å². The smallest absolute Gasteiger partial charge is 0.342 e. The van der Waals surface area contributed by atoms with Gasteiger partial charge < -0.3 is 9.80 Å². The lowest BCUT2D eigenvalue weighted by Crippen LogP contribution is -2.44. The Labute approximate surface area is 207 Å². The van der Waals surface area contributed by atoms with Gasteiger partial charge in [-0.05, 0) is 31.9 Å². The third-order valence-corrected chi connectivity index (χ3v) is 7.14. The summed E-state index contributed by atoms with van der Waals surface area (Å²) in [6.45, 7) is 2.56. The molecule has 14 heteroatoms. The van der Waals surface area contributed by atoms with Gasteiger partial charge in [0, 0.05) is 49.9 Å². The number of piperidine rings is 1. The minimum atomic E-state index is -4.62. The van der Waals surface area contributed by atoms with Gasteiger partial charge in [0.25, 0.3) is 12.0 Å². The second-order valence-electron chi connectivity index (χ2n) is 9.46. The van der Waals surface area contributed by atoms with Crippen molar-refractivity contribution >= 4 is 28.6 Å². The van der Waals surface area contributed by atoms with Crippen LogP contribution in [-0.4, -0.2) is 56.3 Å². The number of hydrogen-bond donors (Lipinski definition) is 0. The molecule has 3 aromatic rings. The SMILES string of the molecule is CCn1c(N2CCC3(CC2)CC(=O)N(c2ccnc(C(F)(F)F)c2)C3)nc2c(cnn2CC(F)F)c1=O. The van der Waals surface area contributed by atoms with E-state index in [1.165, 1.54) is 21.7 Å². The van der Waals surface area contributed by atoms with Crippen molar-refractivity contribution in [2.45, 2.75) is 51.9 Å². The third kappa shape index (κ3) is 4.53. The van der Waals surface area contributed by atoms with Crippen molar-refractivity contribution in [2.75, 3.05) is 29.4 Å². The largest absolute Gasteiger partial charge is 0.433 e. The van der Waals surface area contributed by atoms with Crippen molar-refractivity contribution in [3.63, 3.8) is 0 Å². The fourth-order valence-corrected chi connectivity index (χ4v) is 5.22. The molecule has 37 heavy (non-hydrogen) atoms. The first kappa shape index (κ1) is 25.1. The van der Waals surface area contributed by atoms with Crippen LogP contribution in [0.1, 0.15) is 31.9 Å². The second-order valence-corrected chi connectivity index (χ2v) is 9.46. The number of aromatic nitrogens is 5. The molecule has 0 bridgehead atoms. The number of nitrogens with zero attached hydrogens (tertiary/aromatic N) is 7. The quantitative estimate of drug-likeness (QED) is 0.475.